The first-order chi connectivity index (χ1) is 9.38. The zero-order valence-electron chi connectivity index (χ0n) is 10.1. The van der Waals surface area contributed by atoms with Crippen LogP contribution in [0.3, 0.4) is 0 Å². The van der Waals surface area contributed by atoms with E-state index < -0.39 is 28.4 Å². The van der Waals surface area contributed by atoms with Gasteiger partial charge in [-0.15, -0.1) is 0 Å². The number of hydrogen-bond acceptors (Lipinski definition) is 4. The van der Waals surface area contributed by atoms with Crippen LogP contribution in [-0.4, -0.2) is 22.7 Å². The van der Waals surface area contributed by atoms with E-state index in [9.17, 15) is 18.7 Å². The second-order valence-electron chi connectivity index (χ2n) is 3.81. The quantitative estimate of drug-likeness (QED) is 0.503. The molecule has 0 spiro atoms. The molecular formula is C12H8ClF2NO3S. The van der Waals surface area contributed by atoms with Crippen molar-refractivity contribution in [2.75, 3.05) is 6.61 Å². The smallest absolute Gasteiger partial charge is 0.344 e. The van der Waals surface area contributed by atoms with Gasteiger partial charge in [-0.1, -0.05) is 23.8 Å². The molecule has 0 fully saturated rings. The summed E-state index contributed by atoms with van der Waals surface area (Å²) in [6, 6.07) is 0.793. The average molecular weight is 320 g/mol. The molecule has 0 saturated heterocycles. The maximum atomic E-state index is 13.4. The van der Waals surface area contributed by atoms with Gasteiger partial charge < -0.3 is 14.8 Å². The molecule has 2 aromatic rings. The van der Waals surface area contributed by atoms with Gasteiger partial charge in [0.15, 0.2) is 11.6 Å². The van der Waals surface area contributed by atoms with Gasteiger partial charge in [-0.2, -0.15) is 0 Å². The molecule has 4 nitrogen and oxygen atoms in total. The average Bonchev–Trinajstić information content (AvgIpc) is 2.35. The Labute approximate surface area is 121 Å². The molecule has 20 heavy (non-hydrogen) atoms. The third-order valence-corrected chi connectivity index (χ3v) is 3.25. The molecule has 0 radical (unpaired) electrons. The SMILES string of the molecule is CCOC(=O)c1c(O)c2c(Cl)c(F)c(F)cc2[nH]c1=S. The van der Waals surface area contributed by atoms with Gasteiger partial charge in [-0.3, -0.25) is 0 Å². The largest absolute Gasteiger partial charge is 0.506 e. The molecule has 0 aliphatic heterocycles. The molecule has 0 saturated carbocycles. The number of pyridine rings is 1. The number of carbonyl (C=O) groups is 1. The first-order valence-corrected chi connectivity index (χ1v) is 6.26. The fourth-order valence-electron chi connectivity index (χ4n) is 1.74. The molecule has 1 aromatic heterocycles. The van der Waals surface area contributed by atoms with Crippen molar-refractivity contribution in [2.45, 2.75) is 6.92 Å². The van der Waals surface area contributed by atoms with Crippen molar-refractivity contribution >= 4 is 40.7 Å². The summed E-state index contributed by atoms with van der Waals surface area (Å²) < 4.78 is 31.3. The second-order valence-corrected chi connectivity index (χ2v) is 4.59. The molecule has 0 unspecified atom stereocenters. The van der Waals surface area contributed by atoms with Gasteiger partial charge >= 0.3 is 5.97 Å². The number of fused-ring (bicyclic) bond motifs is 1. The van der Waals surface area contributed by atoms with Gasteiger partial charge in [-0.25, -0.2) is 13.6 Å². The van der Waals surface area contributed by atoms with E-state index in [1.807, 2.05) is 0 Å². The number of rotatable bonds is 2. The first-order valence-electron chi connectivity index (χ1n) is 5.48. The molecule has 1 heterocycles. The molecule has 8 heteroatoms. The lowest BCUT2D eigenvalue weighted by molar-refractivity contribution is 0.0522. The van der Waals surface area contributed by atoms with E-state index in [4.69, 9.17) is 28.6 Å². The van der Waals surface area contributed by atoms with Crippen LogP contribution in [0.5, 0.6) is 5.75 Å². The van der Waals surface area contributed by atoms with Crippen LogP contribution in [0.25, 0.3) is 10.9 Å². The van der Waals surface area contributed by atoms with Crippen molar-refractivity contribution in [3.63, 3.8) is 0 Å². The normalized spacial score (nSPS) is 10.8. The minimum atomic E-state index is -1.32. The second kappa shape index (κ2) is 5.34. The van der Waals surface area contributed by atoms with Crippen molar-refractivity contribution in [1.29, 1.82) is 0 Å². The van der Waals surface area contributed by atoms with Crippen LogP contribution in [-0.2, 0) is 4.74 Å². The Balaban J connectivity index is 2.88. The predicted octanol–water partition coefficient (Wildman–Crippen LogP) is 3.71. The van der Waals surface area contributed by atoms with E-state index in [2.05, 4.69) is 4.98 Å². The number of esters is 1. The van der Waals surface area contributed by atoms with Gasteiger partial charge in [0.25, 0.3) is 0 Å². The van der Waals surface area contributed by atoms with Crippen LogP contribution in [0.2, 0.25) is 5.02 Å². The summed E-state index contributed by atoms with van der Waals surface area (Å²) in [5.41, 5.74) is -0.369. The Morgan fingerprint density at radius 3 is 2.80 bits per heavy atom. The molecule has 0 amide bonds. The number of hydrogen-bond donors (Lipinski definition) is 2. The highest BCUT2D eigenvalue weighted by Gasteiger charge is 2.22. The van der Waals surface area contributed by atoms with Crippen LogP contribution in [0.15, 0.2) is 6.07 Å². The molecule has 0 atom stereocenters. The number of aromatic amines is 1. The van der Waals surface area contributed by atoms with Crippen molar-refractivity contribution < 1.29 is 23.4 Å². The van der Waals surface area contributed by atoms with Crippen LogP contribution >= 0.6 is 23.8 Å². The van der Waals surface area contributed by atoms with Gasteiger partial charge in [0.1, 0.15) is 16.0 Å². The van der Waals surface area contributed by atoms with Crippen LogP contribution in [0, 0.1) is 16.3 Å². The molecule has 0 aliphatic carbocycles. The summed E-state index contributed by atoms with van der Waals surface area (Å²) in [5.74, 6) is -4.05. The summed E-state index contributed by atoms with van der Waals surface area (Å²) in [6.07, 6.45) is 0. The fourth-order valence-corrected chi connectivity index (χ4v) is 2.31. The number of H-pyrrole nitrogens is 1. The third-order valence-electron chi connectivity index (χ3n) is 2.59. The van der Waals surface area contributed by atoms with Gasteiger partial charge in [0.2, 0.25) is 0 Å². The van der Waals surface area contributed by atoms with Crippen molar-refractivity contribution in [2.24, 2.45) is 0 Å². The molecular weight excluding hydrogens is 312 g/mol. The van der Waals surface area contributed by atoms with E-state index in [0.717, 1.165) is 6.07 Å². The van der Waals surface area contributed by atoms with Crippen LogP contribution in [0.4, 0.5) is 8.78 Å². The fraction of sp³-hybridized carbons (Fsp3) is 0.167. The maximum absolute atomic E-state index is 13.4. The highest BCUT2D eigenvalue weighted by atomic mass is 35.5. The number of halogens is 3. The number of nitrogens with one attached hydrogen (secondary N) is 1. The molecule has 0 aliphatic rings. The summed E-state index contributed by atoms with van der Waals surface area (Å²) in [6.45, 7) is 1.64. The summed E-state index contributed by atoms with van der Waals surface area (Å²) in [7, 11) is 0. The summed E-state index contributed by atoms with van der Waals surface area (Å²) >= 11 is 10.6. The lowest BCUT2D eigenvalue weighted by Gasteiger charge is -2.10. The zero-order chi connectivity index (χ0) is 15.0. The zero-order valence-corrected chi connectivity index (χ0v) is 11.7. The monoisotopic (exact) mass is 319 g/mol. The number of aromatic nitrogens is 1. The molecule has 2 N–H and O–H groups in total. The first kappa shape index (κ1) is 14.7. The van der Waals surface area contributed by atoms with Crippen molar-refractivity contribution in [3.05, 3.63) is 32.9 Å². The van der Waals surface area contributed by atoms with E-state index in [1.165, 1.54) is 0 Å². The minimum absolute atomic E-state index is 0.0237. The third kappa shape index (κ3) is 2.23. The highest BCUT2D eigenvalue weighted by Crippen LogP contribution is 2.36. The lowest BCUT2D eigenvalue weighted by atomic mass is 10.1. The molecule has 0 bridgehead atoms. The Morgan fingerprint density at radius 1 is 1.55 bits per heavy atom. The maximum Gasteiger partial charge on any atom is 0.344 e. The van der Waals surface area contributed by atoms with E-state index in [-0.39, 0.29) is 27.7 Å². The van der Waals surface area contributed by atoms with Crippen LogP contribution < -0.4 is 0 Å². The topological polar surface area (TPSA) is 62.3 Å². The number of ether oxygens (including phenoxy) is 1. The van der Waals surface area contributed by atoms with E-state index in [1.54, 1.807) is 6.92 Å². The Bertz CT molecular complexity index is 776. The number of carbonyl (C=O) groups excluding carboxylic acids is 1. The van der Waals surface area contributed by atoms with Gasteiger partial charge in [0, 0.05) is 6.07 Å². The standard InChI is InChI=1S/C12H8ClF2NO3S/c1-2-19-12(18)7-10(17)6-5(16-11(7)20)3-4(14)9(15)8(6)13/h3H,2H2,1H3,(H2,16,17,20). The van der Waals surface area contributed by atoms with Gasteiger partial charge in [-0.05, 0) is 6.92 Å². The Kier molecular flexibility index (Phi) is 3.92. The van der Waals surface area contributed by atoms with E-state index in [0.29, 0.717) is 0 Å². The Hall–Kier alpha value is -1.73. The predicted molar refractivity (Wildman–Crippen MR) is 71.7 cm³/mol. The highest BCUT2D eigenvalue weighted by molar-refractivity contribution is 7.71. The summed E-state index contributed by atoms with van der Waals surface area (Å²) in [4.78, 5) is 14.2. The van der Waals surface area contributed by atoms with Crippen molar-refractivity contribution in [1.82, 2.24) is 4.98 Å². The number of benzene rings is 1. The Morgan fingerprint density at radius 2 is 2.20 bits per heavy atom. The number of aromatic hydroxyl groups is 1. The lowest BCUT2D eigenvalue weighted by Crippen LogP contribution is -2.07. The molecule has 2 rings (SSSR count). The van der Waals surface area contributed by atoms with Gasteiger partial charge in [0.05, 0.1) is 22.5 Å². The molecule has 1 aromatic carbocycles. The van der Waals surface area contributed by atoms with Crippen LogP contribution in [0.1, 0.15) is 17.3 Å². The minimum Gasteiger partial charge on any atom is -0.506 e. The molecule has 106 valence electrons. The van der Waals surface area contributed by atoms with E-state index >= 15 is 0 Å². The van der Waals surface area contributed by atoms with Crippen molar-refractivity contribution in [3.8, 4) is 5.75 Å². The summed E-state index contributed by atoms with van der Waals surface area (Å²) in [5, 5.41) is 9.18.